The summed E-state index contributed by atoms with van der Waals surface area (Å²) in [6.07, 6.45) is 16.7. The van der Waals surface area contributed by atoms with Gasteiger partial charge < -0.3 is 33.7 Å². The van der Waals surface area contributed by atoms with Gasteiger partial charge >= 0.3 is 0 Å². The number of unbranched alkanes of at least 4 members (excludes halogenated alkanes) is 2. The van der Waals surface area contributed by atoms with Crippen molar-refractivity contribution in [3.63, 3.8) is 0 Å². The second kappa shape index (κ2) is 26.5. The van der Waals surface area contributed by atoms with Gasteiger partial charge in [0.1, 0.15) is 26.8 Å². The SMILES string of the molecule is C#CCNC(=O)CCCCCN1/C(=C/C=C/C=C/C2=[N+](CCCS(=O)(=O)[O-])c3ccc(S(=O)(=O)[O-])cc3C2(C)C)C(C)(C)c2cc(S(=O)(=O)[O-])ccc21.CC[NH+](CC)CC.CC[NH+](CC)CC. The Labute approximate surface area is 402 Å². The van der Waals surface area contributed by atoms with E-state index in [4.69, 9.17) is 6.42 Å². The Bertz CT molecular complexity index is 2460. The Morgan fingerprint density at radius 3 is 1.76 bits per heavy atom. The van der Waals surface area contributed by atoms with Crippen molar-refractivity contribution in [2.45, 2.75) is 122 Å². The maximum atomic E-state index is 11.9. The van der Waals surface area contributed by atoms with Crippen LogP contribution in [0.25, 0.3) is 0 Å². The molecule has 0 spiro atoms. The molecule has 0 bridgehead atoms. The number of hydrogen-bond donors (Lipinski definition) is 3. The summed E-state index contributed by atoms with van der Waals surface area (Å²) in [5.41, 5.74) is 2.61. The highest BCUT2D eigenvalue weighted by Gasteiger charge is 2.45. The molecule has 0 fully saturated rings. The minimum Gasteiger partial charge on any atom is -0.748 e. The van der Waals surface area contributed by atoms with E-state index in [2.05, 4.69) is 57.7 Å². The topological polar surface area (TPSA) is 216 Å². The van der Waals surface area contributed by atoms with E-state index in [0.29, 0.717) is 48.3 Å². The van der Waals surface area contributed by atoms with Crippen LogP contribution in [-0.2, 0) is 46.0 Å². The molecule has 374 valence electrons. The Hall–Kier alpha value is -4.19. The minimum absolute atomic E-state index is 0.0159. The summed E-state index contributed by atoms with van der Waals surface area (Å²) >= 11 is 0. The highest BCUT2D eigenvalue weighted by molar-refractivity contribution is 7.86. The molecule has 2 aromatic rings. The Morgan fingerprint density at radius 1 is 0.731 bits per heavy atom. The number of carbonyl (C=O) groups excluding carboxylic acids is 1. The Kier molecular flexibility index (Phi) is 23.3. The van der Waals surface area contributed by atoms with E-state index < -0.39 is 51.8 Å². The Morgan fingerprint density at radius 2 is 1.27 bits per heavy atom. The van der Waals surface area contributed by atoms with E-state index in [9.17, 15) is 43.7 Å². The summed E-state index contributed by atoms with van der Waals surface area (Å²) < 4.78 is 107. The number of quaternary nitrogens is 2. The summed E-state index contributed by atoms with van der Waals surface area (Å²) in [5.74, 6) is 1.66. The molecular formula is C49H75N5O10S3. The lowest BCUT2D eigenvalue weighted by atomic mass is 9.81. The van der Waals surface area contributed by atoms with Crippen molar-refractivity contribution in [1.29, 1.82) is 0 Å². The molecule has 2 aromatic carbocycles. The predicted octanol–water partition coefficient (Wildman–Crippen LogP) is 3.77. The largest absolute Gasteiger partial charge is 0.748 e. The lowest BCUT2D eigenvalue weighted by Crippen LogP contribution is -3.11. The number of benzene rings is 2. The van der Waals surface area contributed by atoms with Crippen molar-refractivity contribution < 1.29 is 58.1 Å². The van der Waals surface area contributed by atoms with Crippen LogP contribution in [0.2, 0.25) is 0 Å². The fourth-order valence-electron chi connectivity index (χ4n) is 8.33. The van der Waals surface area contributed by atoms with Crippen molar-refractivity contribution in [2.75, 3.05) is 69.6 Å². The number of amides is 1. The first-order valence-corrected chi connectivity index (χ1v) is 27.7. The lowest BCUT2D eigenvalue weighted by molar-refractivity contribution is -0.894. The van der Waals surface area contributed by atoms with Crippen molar-refractivity contribution in [2.24, 2.45) is 0 Å². The van der Waals surface area contributed by atoms with Gasteiger partial charge in [-0.25, -0.2) is 25.3 Å². The molecule has 15 nitrogen and oxygen atoms in total. The van der Waals surface area contributed by atoms with Crippen LogP contribution in [0, 0.1) is 12.3 Å². The highest BCUT2D eigenvalue weighted by atomic mass is 32.2. The van der Waals surface area contributed by atoms with Crippen LogP contribution in [0.1, 0.15) is 112 Å². The summed E-state index contributed by atoms with van der Waals surface area (Å²) in [5, 5.41) is 2.64. The third-order valence-electron chi connectivity index (χ3n) is 12.5. The van der Waals surface area contributed by atoms with Gasteiger partial charge in [-0.1, -0.05) is 44.4 Å². The maximum absolute atomic E-state index is 11.9. The number of nitrogens with zero attached hydrogens (tertiary/aromatic N) is 2. The lowest BCUT2D eigenvalue weighted by Gasteiger charge is -2.27. The fourth-order valence-corrected chi connectivity index (χ4v) is 9.81. The third kappa shape index (κ3) is 17.4. The first-order chi connectivity index (χ1) is 31.3. The molecule has 18 heteroatoms. The predicted molar refractivity (Wildman–Crippen MR) is 263 cm³/mol. The number of anilines is 1. The molecule has 2 aliphatic rings. The zero-order valence-corrected chi connectivity index (χ0v) is 43.7. The van der Waals surface area contributed by atoms with Gasteiger partial charge in [-0.2, -0.15) is 4.58 Å². The fraction of sp³-hybridized carbons (Fsp3) is 0.551. The summed E-state index contributed by atoms with van der Waals surface area (Å²) in [4.78, 5) is 16.7. The van der Waals surface area contributed by atoms with Crippen LogP contribution < -0.4 is 20.0 Å². The third-order valence-corrected chi connectivity index (χ3v) is 14.9. The molecule has 3 N–H and O–H groups in total. The van der Waals surface area contributed by atoms with E-state index in [1.165, 1.54) is 69.6 Å². The smallest absolute Gasteiger partial charge is 0.220 e. The molecule has 2 aliphatic heterocycles. The molecule has 2 heterocycles. The normalized spacial score (nSPS) is 16.0. The number of allylic oxidation sites excluding steroid dienone is 6. The quantitative estimate of drug-likeness (QED) is 0.0508. The zero-order valence-electron chi connectivity index (χ0n) is 41.2. The van der Waals surface area contributed by atoms with E-state index in [1.54, 1.807) is 40.2 Å². The second-order valence-electron chi connectivity index (χ2n) is 17.5. The number of fused-ring (bicyclic) bond motifs is 2. The molecule has 0 radical (unpaired) electrons. The van der Waals surface area contributed by atoms with E-state index in [1.807, 2.05) is 38.3 Å². The number of hydrogen-bond acceptors (Lipinski definition) is 11. The molecule has 0 saturated heterocycles. The average molecular weight is 990 g/mol. The van der Waals surface area contributed by atoms with Gasteiger partial charge in [-0.3, -0.25) is 4.79 Å². The van der Waals surface area contributed by atoms with E-state index in [0.717, 1.165) is 17.8 Å². The van der Waals surface area contributed by atoms with Crippen molar-refractivity contribution in [1.82, 2.24) is 5.32 Å². The van der Waals surface area contributed by atoms with Gasteiger partial charge in [-0.05, 0) is 110 Å². The maximum Gasteiger partial charge on any atom is 0.220 e. The summed E-state index contributed by atoms with van der Waals surface area (Å²) in [6, 6.07) is 8.37. The van der Waals surface area contributed by atoms with Gasteiger partial charge in [-0.15, -0.1) is 6.42 Å². The molecular weight excluding hydrogens is 915 g/mol. The Balaban J connectivity index is 0.000000952. The van der Waals surface area contributed by atoms with Crippen LogP contribution in [0.5, 0.6) is 0 Å². The molecule has 67 heavy (non-hydrogen) atoms. The highest BCUT2D eigenvalue weighted by Crippen LogP contribution is 2.48. The van der Waals surface area contributed by atoms with E-state index in [-0.39, 0.29) is 30.3 Å². The molecule has 4 rings (SSSR count). The average Bonchev–Trinajstić information content (AvgIpc) is 3.60. The molecule has 0 atom stereocenters. The van der Waals surface area contributed by atoms with Crippen molar-refractivity contribution >= 4 is 53.3 Å². The van der Waals surface area contributed by atoms with Crippen LogP contribution in [0.15, 0.2) is 82.3 Å². The van der Waals surface area contributed by atoms with Crippen molar-refractivity contribution in [3.05, 3.63) is 83.6 Å². The summed E-state index contributed by atoms with van der Waals surface area (Å²) in [6.45, 7) is 29.4. The van der Waals surface area contributed by atoms with Crippen LogP contribution in [0.3, 0.4) is 0 Å². The minimum atomic E-state index is -4.74. The van der Waals surface area contributed by atoms with Crippen molar-refractivity contribution in [3.8, 4) is 12.3 Å². The molecule has 0 aliphatic carbocycles. The van der Waals surface area contributed by atoms with Gasteiger partial charge in [0.25, 0.3) is 0 Å². The standard InChI is InChI=1S/C37H45N3O10S3.2C6H15N/c1-6-21-38-35(41)16-11-8-12-22-39-31-19-17-27(52(45,46)47)25-29(31)36(2,3)33(39)14-9-7-10-15-34-37(4,5)30-26-28(53(48,49)50)18-20-32(30)40(34)23-13-24-51(42,43)44;2*1-4-7(5-2)6-3/h1,7,9-10,14-15,17-20,25-26H,8,11-13,16,21-24H2,2-5H3,(H3-,38,41,42,43,44,45,46,47,48,49,50);2*4-6H2,1-3H3. The number of carbonyl (C=O) groups is 1. The molecule has 0 aromatic heterocycles. The van der Waals surface area contributed by atoms with Gasteiger partial charge in [0.15, 0.2) is 5.71 Å². The zero-order chi connectivity index (χ0) is 50.8. The first-order valence-electron chi connectivity index (χ1n) is 23.3. The monoisotopic (exact) mass is 989 g/mol. The molecule has 0 saturated carbocycles. The van der Waals surface area contributed by atoms with Gasteiger partial charge in [0.2, 0.25) is 11.6 Å². The van der Waals surface area contributed by atoms with Gasteiger partial charge in [0.05, 0.1) is 71.1 Å². The number of rotatable bonds is 22. The van der Waals surface area contributed by atoms with Crippen LogP contribution >= 0.6 is 0 Å². The van der Waals surface area contributed by atoms with Crippen LogP contribution in [0.4, 0.5) is 11.4 Å². The van der Waals surface area contributed by atoms with Gasteiger partial charge in [0, 0.05) is 59.6 Å². The molecule has 0 unspecified atom stereocenters. The number of nitrogens with one attached hydrogen (secondary N) is 3. The number of terminal acetylenes is 1. The van der Waals surface area contributed by atoms with Crippen LogP contribution in [-0.4, -0.2) is 120 Å². The summed E-state index contributed by atoms with van der Waals surface area (Å²) in [7, 11) is -13.9. The van der Waals surface area contributed by atoms with E-state index >= 15 is 0 Å². The molecule has 1 amide bonds. The first kappa shape index (κ1) is 58.9. The second-order valence-corrected chi connectivity index (χ2v) is 21.8.